The predicted octanol–water partition coefficient (Wildman–Crippen LogP) is 5.54. The fourth-order valence-corrected chi connectivity index (χ4v) is 4.50. The zero-order chi connectivity index (χ0) is 30.9. The normalized spacial score (nSPS) is 12.6. The van der Waals surface area contributed by atoms with Gasteiger partial charge in [-0.1, -0.05) is 6.58 Å². The number of carbonyl (C=O) groups is 1. The van der Waals surface area contributed by atoms with Gasteiger partial charge in [-0.25, -0.2) is 30.0 Å². The molecule has 43 heavy (non-hydrogen) atoms. The molecule has 0 radical (unpaired) electrons. The first-order valence-corrected chi connectivity index (χ1v) is 13.5. The Balaban J connectivity index is 0.00000135. The molecule has 3 heterocycles. The highest BCUT2D eigenvalue weighted by Crippen LogP contribution is 2.40. The lowest BCUT2D eigenvalue weighted by Gasteiger charge is -2.35. The van der Waals surface area contributed by atoms with Gasteiger partial charge in [0, 0.05) is 57.6 Å². The van der Waals surface area contributed by atoms with E-state index in [0.717, 1.165) is 5.69 Å². The molecule has 1 aliphatic rings. The number of nitrogens with zero attached hydrogens (tertiary/aromatic N) is 6. The van der Waals surface area contributed by atoms with Gasteiger partial charge < -0.3 is 29.9 Å². The molecule has 2 aromatic heterocycles. The number of amides is 1. The zero-order valence-corrected chi connectivity index (χ0v) is 24.5. The van der Waals surface area contributed by atoms with Gasteiger partial charge in [-0.05, 0) is 49.4 Å². The van der Waals surface area contributed by atoms with E-state index in [1.807, 2.05) is 31.3 Å². The summed E-state index contributed by atoms with van der Waals surface area (Å²) in [5, 5.41) is 8.88. The van der Waals surface area contributed by atoms with E-state index in [0.29, 0.717) is 65.9 Å². The fraction of sp³-hybridized carbons (Fsp3) is 0.267. The number of halogens is 1. The quantitative estimate of drug-likeness (QED) is 0.179. The Hall–Kier alpha value is -5.33. The van der Waals surface area contributed by atoms with Crippen LogP contribution in [0.4, 0.5) is 27.4 Å². The maximum Gasteiger partial charge on any atom is 0.246 e. The fourth-order valence-electron chi connectivity index (χ4n) is 4.50. The monoisotopic (exact) mass is 587 g/mol. The highest BCUT2D eigenvalue weighted by molar-refractivity contribution is 5.89. The van der Waals surface area contributed by atoms with Crippen LogP contribution in [0.15, 0.2) is 66.6 Å². The van der Waals surface area contributed by atoms with Gasteiger partial charge in [0.2, 0.25) is 5.91 Å². The number of hydrogen-bond donors (Lipinski definition) is 3. The van der Waals surface area contributed by atoms with Crippen LogP contribution in [-0.2, 0) is 4.79 Å². The van der Waals surface area contributed by atoms with Crippen molar-refractivity contribution in [1.82, 2.24) is 19.9 Å². The average Bonchev–Trinajstić information content (AvgIpc) is 3.04. The summed E-state index contributed by atoms with van der Waals surface area (Å²) in [6.07, 6.45) is 2.73. The number of aromatic nitrogens is 3. The molecule has 0 atom stereocenters. The Morgan fingerprint density at radius 3 is 2.44 bits per heavy atom. The molecule has 5 rings (SSSR count). The van der Waals surface area contributed by atoms with E-state index in [1.54, 1.807) is 30.0 Å². The van der Waals surface area contributed by atoms with Crippen molar-refractivity contribution < 1.29 is 18.7 Å². The Kier molecular flexibility index (Phi) is 9.99. The number of pyridine rings is 1. The van der Waals surface area contributed by atoms with Gasteiger partial charge in [0.15, 0.2) is 11.6 Å². The van der Waals surface area contributed by atoms with Gasteiger partial charge in [-0.3, -0.25) is 4.79 Å². The number of nitrogens with one attached hydrogen (secondary N) is 3. The zero-order valence-electron chi connectivity index (χ0n) is 24.5. The molecule has 1 saturated heterocycles. The lowest BCUT2D eigenvalue weighted by Crippen LogP contribution is -2.48. The van der Waals surface area contributed by atoms with Crippen molar-refractivity contribution >= 4 is 40.0 Å². The van der Waals surface area contributed by atoms with Crippen LogP contribution in [0.3, 0.4) is 0 Å². The van der Waals surface area contributed by atoms with E-state index < -0.39 is 5.82 Å². The molecule has 1 fully saturated rings. The minimum atomic E-state index is -0.535. The number of piperazine rings is 1. The van der Waals surface area contributed by atoms with Gasteiger partial charge in [0.05, 0.1) is 12.6 Å². The molecule has 1 aliphatic heterocycles. The van der Waals surface area contributed by atoms with Crippen LogP contribution in [0.5, 0.6) is 17.2 Å². The van der Waals surface area contributed by atoms with Crippen molar-refractivity contribution in [1.29, 1.82) is 5.53 Å². The molecule has 12 nitrogen and oxygen atoms in total. The van der Waals surface area contributed by atoms with Crippen LogP contribution in [0, 0.1) is 18.3 Å². The van der Waals surface area contributed by atoms with Gasteiger partial charge in [0.1, 0.15) is 40.6 Å². The third-order valence-electron chi connectivity index (χ3n) is 6.82. The second-order valence-corrected chi connectivity index (χ2v) is 9.39. The standard InChI is InChI=1S/C29H30FN7O3.CH4N2/c1-5-25(38)37-14-12-36(13-15-37)24-11-10-21-27(34-24)29(33-17-32-21)35-28-23(39-4)16-22(18(2)26(28)30)40-20-8-6-19(31-3)7-9-20;1-3-2/h5-11,16-17,31H,1,12-15H2,2-4H3,(H,32,33,35);2H,1H3. The van der Waals surface area contributed by atoms with Crippen LogP contribution < -0.4 is 25.0 Å². The van der Waals surface area contributed by atoms with Crippen molar-refractivity contribution in [3.05, 3.63) is 72.8 Å². The Morgan fingerprint density at radius 1 is 1.12 bits per heavy atom. The van der Waals surface area contributed by atoms with Gasteiger partial charge in [-0.2, -0.15) is 0 Å². The third kappa shape index (κ3) is 6.94. The number of carbonyl (C=O) groups excluding carboxylic acids is 1. The lowest BCUT2D eigenvalue weighted by atomic mass is 10.1. The molecule has 0 unspecified atom stereocenters. The number of anilines is 4. The molecule has 0 saturated carbocycles. The number of rotatable bonds is 8. The third-order valence-corrected chi connectivity index (χ3v) is 6.82. The van der Waals surface area contributed by atoms with Crippen LogP contribution in [0.1, 0.15) is 5.56 Å². The first-order valence-electron chi connectivity index (χ1n) is 13.5. The largest absolute Gasteiger partial charge is 0.494 e. The van der Waals surface area contributed by atoms with E-state index in [-0.39, 0.29) is 17.3 Å². The van der Waals surface area contributed by atoms with Crippen LogP contribution in [0.25, 0.3) is 11.0 Å². The summed E-state index contributed by atoms with van der Waals surface area (Å²) < 4.78 is 27.3. The second-order valence-electron chi connectivity index (χ2n) is 9.39. The topological polar surface area (TPSA) is 141 Å². The summed E-state index contributed by atoms with van der Waals surface area (Å²) >= 11 is 0. The summed E-state index contributed by atoms with van der Waals surface area (Å²) in [7, 11) is 4.71. The molecule has 2 aromatic carbocycles. The number of ether oxygens (including phenoxy) is 2. The number of benzene rings is 2. The van der Waals surface area contributed by atoms with Gasteiger partial charge in [-0.15, -0.1) is 0 Å². The van der Waals surface area contributed by atoms with E-state index in [4.69, 9.17) is 20.0 Å². The van der Waals surface area contributed by atoms with Gasteiger partial charge >= 0.3 is 0 Å². The van der Waals surface area contributed by atoms with Crippen LogP contribution >= 0.6 is 0 Å². The highest BCUT2D eigenvalue weighted by Gasteiger charge is 2.23. The minimum Gasteiger partial charge on any atom is -0.494 e. The van der Waals surface area contributed by atoms with Crippen molar-refractivity contribution in [2.24, 2.45) is 5.11 Å². The lowest BCUT2D eigenvalue weighted by molar-refractivity contribution is -0.126. The molecule has 3 N–H and O–H groups in total. The summed E-state index contributed by atoms with van der Waals surface area (Å²) in [6.45, 7) is 7.58. The molecule has 4 aromatic rings. The number of hydrogen-bond acceptors (Lipinski definition) is 11. The van der Waals surface area contributed by atoms with Crippen molar-refractivity contribution in [3.63, 3.8) is 0 Å². The van der Waals surface area contributed by atoms with Gasteiger partial charge in [0.25, 0.3) is 0 Å². The molecule has 1 amide bonds. The Bertz CT molecular complexity index is 1610. The SMILES string of the molecule is C=CC(=O)N1CCN(c2ccc3ncnc(Nc4c(OC)cc(Oc5ccc(NC)cc5)c(C)c4F)c3n2)CC1.CN=N. The average molecular weight is 588 g/mol. The smallest absolute Gasteiger partial charge is 0.246 e. The molecule has 0 spiro atoms. The first-order chi connectivity index (χ1) is 20.8. The predicted molar refractivity (Wildman–Crippen MR) is 164 cm³/mol. The van der Waals surface area contributed by atoms with E-state index in [9.17, 15) is 4.79 Å². The van der Waals surface area contributed by atoms with Crippen LogP contribution in [-0.4, -0.2) is 73.1 Å². The summed E-state index contributed by atoms with van der Waals surface area (Å²) in [5.41, 5.74) is 8.27. The second kappa shape index (κ2) is 14.0. The van der Waals surface area contributed by atoms with E-state index in [1.165, 1.54) is 26.6 Å². The molecule has 224 valence electrons. The summed E-state index contributed by atoms with van der Waals surface area (Å²) in [5.74, 6) is 1.58. The molecular formula is C30H34FN9O3. The van der Waals surface area contributed by atoms with Crippen LogP contribution in [0.2, 0.25) is 0 Å². The van der Waals surface area contributed by atoms with Crippen molar-refractivity contribution in [2.75, 3.05) is 62.9 Å². The molecule has 0 bridgehead atoms. The first kappa shape index (κ1) is 30.6. The Morgan fingerprint density at radius 2 is 1.81 bits per heavy atom. The maximum atomic E-state index is 15.8. The summed E-state index contributed by atoms with van der Waals surface area (Å²) in [6, 6.07) is 12.7. The maximum absolute atomic E-state index is 15.8. The van der Waals surface area contributed by atoms with Crippen molar-refractivity contribution in [3.8, 4) is 17.2 Å². The number of fused-ring (bicyclic) bond motifs is 1. The van der Waals surface area contributed by atoms with E-state index in [2.05, 4.69) is 37.2 Å². The molecule has 0 aliphatic carbocycles. The van der Waals surface area contributed by atoms with Crippen molar-refractivity contribution in [2.45, 2.75) is 6.92 Å². The minimum absolute atomic E-state index is 0.0830. The van der Waals surface area contributed by atoms with E-state index >= 15 is 4.39 Å². The summed E-state index contributed by atoms with van der Waals surface area (Å²) in [4.78, 5) is 29.3. The number of methoxy groups -OCH3 is 1. The molecule has 13 heteroatoms. The molecular weight excluding hydrogens is 553 g/mol. The Labute approximate surface area is 249 Å². The highest BCUT2D eigenvalue weighted by atomic mass is 19.1.